The molecule has 2 bridgehead atoms. The molecule has 1 N–H and O–H groups in total. The molecular weight excluding hydrogens is 398 g/mol. The first-order chi connectivity index (χ1) is 14.7. The van der Waals surface area contributed by atoms with Crippen LogP contribution in [0.5, 0.6) is 10.9 Å². The zero-order valence-electron chi connectivity index (χ0n) is 16.3. The van der Waals surface area contributed by atoms with Gasteiger partial charge in [0, 0.05) is 35.7 Å². The van der Waals surface area contributed by atoms with Gasteiger partial charge in [-0.2, -0.15) is 4.98 Å². The van der Waals surface area contributed by atoms with Crippen LogP contribution in [0.2, 0.25) is 0 Å². The minimum Gasteiger partial charge on any atom is -0.464 e. The first kappa shape index (κ1) is 17.9. The Balaban J connectivity index is 1.15. The predicted molar refractivity (Wildman–Crippen MR) is 114 cm³/mol. The van der Waals surface area contributed by atoms with E-state index in [4.69, 9.17) is 9.15 Å². The van der Waals surface area contributed by atoms with Crippen molar-refractivity contribution in [2.45, 2.75) is 32.2 Å². The van der Waals surface area contributed by atoms with E-state index < -0.39 is 0 Å². The fraction of sp³-hybridized carbons (Fsp3) is 0.348. The number of furan rings is 1. The van der Waals surface area contributed by atoms with Crippen LogP contribution in [-0.2, 0) is 11.3 Å². The molecule has 7 heteroatoms. The van der Waals surface area contributed by atoms with Gasteiger partial charge >= 0.3 is 0 Å². The maximum absolute atomic E-state index is 12.6. The van der Waals surface area contributed by atoms with E-state index in [9.17, 15) is 4.79 Å². The van der Waals surface area contributed by atoms with Crippen molar-refractivity contribution in [2.24, 2.45) is 17.8 Å². The minimum absolute atomic E-state index is 0.195. The van der Waals surface area contributed by atoms with Gasteiger partial charge < -0.3 is 14.5 Å². The standard InChI is InChI=1S/C23H21N3O3S/c27-22(18-9-13-3-4-14(18)8-13)25-11-15-12-28-19-10-16(5-6-17(15)19)29-23-26-21-20(30-23)2-1-7-24-21/h1-2,5-7,10,12-14,18H,3-4,8-9,11H2,(H,25,27). The summed E-state index contributed by atoms with van der Waals surface area (Å²) in [4.78, 5) is 21.3. The van der Waals surface area contributed by atoms with Crippen molar-refractivity contribution >= 4 is 38.6 Å². The van der Waals surface area contributed by atoms with Crippen molar-refractivity contribution in [3.8, 4) is 10.9 Å². The molecule has 2 aliphatic rings. The van der Waals surface area contributed by atoms with E-state index >= 15 is 0 Å². The summed E-state index contributed by atoms with van der Waals surface area (Å²) in [6.07, 6.45) is 8.25. The summed E-state index contributed by atoms with van der Waals surface area (Å²) in [5.41, 5.74) is 2.40. The van der Waals surface area contributed by atoms with Gasteiger partial charge in [0.15, 0.2) is 5.65 Å². The van der Waals surface area contributed by atoms with Crippen molar-refractivity contribution < 1.29 is 13.9 Å². The second-order valence-electron chi connectivity index (χ2n) is 8.33. The molecular formula is C23H21N3O3S. The molecule has 4 aromatic rings. The van der Waals surface area contributed by atoms with Crippen molar-refractivity contribution in [3.63, 3.8) is 0 Å². The lowest BCUT2D eigenvalue weighted by molar-refractivity contribution is -0.126. The average Bonchev–Trinajstić information content (AvgIpc) is 3.54. The molecule has 2 aliphatic carbocycles. The monoisotopic (exact) mass is 419 g/mol. The molecule has 3 heterocycles. The van der Waals surface area contributed by atoms with Crippen LogP contribution in [0.1, 0.15) is 31.2 Å². The molecule has 2 fully saturated rings. The number of benzene rings is 1. The zero-order valence-corrected chi connectivity index (χ0v) is 17.2. The van der Waals surface area contributed by atoms with Crippen LogP contribution in [0.25, 0.3) is 21.3 Å². The Hall–Kier alpha value is -2.93. The third-order valence-corrected chi connectivity index (χ3v) is 7.39. The molecule has 152 valence electrons. The summed E-state index contributed by atoms with van der Waals surface area (Å²) in [5, 5.41) is 4.66. The van der Waals surface area contributed by atoms with Gasteiger partial charge in [-0.05, 0) is 55.4 Å². The van der Waals surface area contributed by atoms with E-state index in [1.54, 1.807) is 12.5 Å². The molecule has 0 saturated heterocycles. The van der Waals surface area contributed by atoms with Gasteiger partial charge in [-0.15, -0.1) is 0 Å². The lowest BCUT2D eigenvalue weighted by atomic mass is 9.88. The number of hydrogen-bond acceptors (Lipinski definition) is 6. The molecule has 3 atom stereocenters. The number of nitrogens with zero attached hydrogens (tertiary/aromatic N) is 2. The number of carbonyl (C=O) groups is 1. The minimum atomic E-state index is 0.195. The van der Waals surface area contributed by atoms with Crippen LogP contribution in [0.15, 0.2) is 47.2 Å². The molecule has 0 aliphatic heterocycles. The molecule has 3 aromatic heterocycles. The van der Waals surface area contributed by atoms with Gasteiger partial charge in [-0.3, -0.25) is 4.79 Å². The molecule has 1 amide bonds. The number of carbonyl (C=O) groups excluding carboxylic acids is 1. The number of pyridine rings is 1. The van der Waals surface area contributed by atoms with E-state index in [0.29, 0.717) is 29.1 Å². The normalized spacial score (nSPS) is 22.7. The number of nitrogens with one attached hydrogen (secondary N) is 1. The maximum Gasteiger partial charge on any atom is 0.281 e. The van der Waals surface area contributed by atoms with Gasteiger partial charge in [0.05, 0.1) is 11.0 Å². The number of hydrogen-bond donors (Lipinski definition) is 1. The first-order valence-electron chi connectivity index (χ1n) is 10.4. The second-order valence-corrected chi connectivity index (χ2v) is 9.32. The van der Waals surface area contributed by atoms with E-state index in [-0.39, 0.29) is 11.8 Å². The van der Waals surface area contributed by atoms with Crippen LogP contribution in [0.3, 0.4) is 0 Å². The van der Waals surface area contributed by atoms with E-state index in [1.807, 2.05) is 30.3 Å². The summed E-state index contributed by atoms with van der Waals surface area (Å²) >= 11 is 1.46. The van der Waals surface area contributed by atoms with Crippen molar-refractivity contribution in [3.05, 3.63) is 48.4 Å². The van der Waals surface area contributed by atoms with Crippen LogP contribution < -0.4 is 10.1 Å². The Morgan fingerprint density at radius 2 is 2.23 bits per heavy atom. The largest absolute Gasteiger partial charge is 0.464 e. The van der Waals surface area contributed by atoms with Crippen molar-refractivity contribution in [1.29, 1.82) is 0 Å². The van der Waals surface area contributed by atoms with E-state index in [0.717, 1.165) is 33.6 Å². The van der Waals surface area contributed by atoms with Crippen molar-refractivity contribution in [1.82, 2.24) is 15.3 Å². The molecule has 1 aromatic carbocycles. The number of amides is 1. The Morgan fingerprint density at radius 1 is 1.27 bits per heavy atom. The Bertz CT molecular complexity index is 1210. The van der Waals surface area contributed by atoms with Gasteiger partial charge in [-0.1, -0.05) is 17.8 Å². The fourth-order valence-electron chi connectivity index (χ4n) is 5.04. The molecule has 6 nitrogen and oxygen atoms in total. The average molecular weight is 420 g/mol. The lowest BCUT2D eigenvalue weighted by Crippen LogP contribution is -2.33. The number of fused-ring (bicyclic) bond motifs is 4. The number of rotatable bonds is 5. The molecule has 3 unspecified atom stereocenters. The summed E-state index contributed by atoms with van der Waals surface area (Å²) in [5.74, 6) is 2.42. The summed E-state index contributed by atoms with van der Waals surface area (Å²) in [6.45, 7) is 0.490. The summed E-state index contributed by atoms with van der Waals surface area (Å²) in [6, 6.07) is 9.59. The van der Waals surface area contributed by atoms with E-state index in [1.165, 1.54) is 30.6 Å². The molecule has 2 saturated carbocycles. The van der Waals surface area contributed by atoms with Gasteiger partial charge in [0.25, 0.3) is 5.19 Å². The molecule has 0 spiro atoms. The zero-order chi connectivity index (χ0) is 20.1. The Kier molecular flexibility index (Phi) is 4.23. The van der Waals surface area contributed by atoms with Gasteiger partial charge in [0.2, 0.25) is 5.91 Å². The highest BCUT2D eigenvalue weighted by Gasteiger charge is 2.42. The molecule has 0 radical (unpaired) electrons. The topological polar surface area (TPSA) is 77.2 Å². The first-order valence-corrected chi connectivity index (χ1v) is 11.2. The third-order valence-electron chi connectivity index (χ3n) is 6.51. The quantitative estimate of drug-likeness (QED) is 0.476. The highest BCUT2D eigenvalue weighted by molar-refractivity contribution is 7.20. The van der Waals surface area contributed by atoms with E-state index in [2.05, 4.69) is 15.3 Å². The SMILES string of the molecule is O=C(NCc1coc2cc(Oc3nc4ncccc4s3)ccc12)C1CC2CCC1C2. The van der Waals surface area contributed by atoms with Crippen LogP contribution >= 0.6 is 11.3 Å². The molecule has 30 heavy (non-hydrogen) atoms. The van der Waals surface area contributed by atoms with Crippen molar-refractivity contribution in [2.75, 3.05) is 0 Å². The summed E-state index contributed by atoms with van der Waals surface area (Å²) in [7, 11) is 0. The predicted octanol–water partition coefficient (Wildman–Crippen LogP) is 5.28. The smallest absolute Gasteiger partial charge is 0.281 e. The van der Waals surface area contributed by atoms with Crippen LogP contribution in [0, 0.1) is 17.8 Å². The highest BCUT2D eigenvalue weighted by atomic mass is 32.1. The van der Waals surface area contributed by atoms with Gasteiger partial charge in [-0.25, -0.2) is 4.98 Å². The van der Waals surface area contributed by atoms with Crippen LogP contribution in [0.4, 0.5) is 0 Å². The Labute approximate surface area is 177 Å². The maximum atomic E-state index is 12.6. The number of aromatic nitrogens is 2. The lowest BCUT2D eigenvalue weighted by Gasteiger charge is -2.20. The van der Waals surface area contributed by atoms with Gasteiger partial charge in [0.1, 0.15) is 11.3 Å². The van der Waals surface area contributed by atoms with Crippen LogP contribution in [-0.4, -0.2) is 15.9 Å². The number of thiazole rings is 1. The third kappa shape index (κ3) is 3.13. The number of ether oxygens (including phenoxy) is 1. The fourth-order valence-corrected chi connectivity index (χ4v) is 5.83. The Morgan fingerprint density at radius 3 is 3.07 bits per heavy atom. The second kappa shape index (κ2) is 7.09. The highest BCUT2D eigenvalue weighted by Crippen LogP contribution is 2.48. The summed E-state index contributed by atoms with van der Waals surface area (Å²) < 4.78 is 12.6. The molecule has 6 rings (SSSR count).